The molecule has 4 aliphatic rings. The van der Waals surface area contributed by atoms with E-state index in [-0.39, 0.29) is 72.2 Å². The number of halogens is 13. The van der Waals surface area contributed by atoms with Crippen LogP contribution in [0.2, 0.25) is 5.15 Å². The number of nitrogens with two attached hydrogens (primary N) is 2. The molecular formula is C59H80BClF12N11NaO11. The first-order valence-electron chi connectivity index (χ1n) is 30.2. The van der Waals surface area contributed by atoms with Crippen molar-refractivity contribution < 1.29 is 127 Å². The van der Waals surface area contributed by atoms with Crippen LogP contribution in [0.25, 0.3) is 0 Å². The van der Waals surface area contributed by atoms with Crippen LogP contribution in [0, 0.1) is 26.1 Å². The minimum atomic E-state index is -4.65. The Morgan fingerprint density at radius 1 is 0.562 bits per heavy atom. The Morgan fingerprint density at radius 2 is 0.875 bits per heavy atom. The third-order valence-electron chi connectivity index (χ3n) is 14.2. The van der Waals surface area contributed by atoms with E-state index in [1.807, 2.05) is 6.92 Å². The van der Waals surface area contributed by atoms with Gasteiger partial charge in [-0.15, -0.1) is 0 Å². The van der Waals surface area contributed by atoms with Gasteiger partial charge in [0.2, 0.25) is 11.0 Å². The van der Waals surface area contributed by atoms with Crippen molar-refractivity contribution in [3.05, 3.63) is 102 Å². The zero-order valence-corrected chi connectivity index (χ0v) is 57.0. The van der Waals surface area contributed by atoms with Crippen LogP contribution < -0.4 is 57.0 Å². The molecule has 4 saturated carbocycles. The molecule has 4 aliphatic carbocycles. The molecule has 7 N–H and O–H groups in total. The fourth-order valence-electron chi connectivity index (χ4n) is 9.01. The molecule has 4 heterocycles. The number of ketones is 1. The van der Waals surface area contributed by atoms with E-state index in [0.29, 0.717) is 42.4 Å². The van der Waals surface area contributed by atoms with E-state index in [2.05, 4.69) is 63.7 Å². The zero-order valence-electron chi connectivity index (χ0n) is 55.3. The maximum Gasteiger partial charge on any atom is 1.00 e. The van der Waals surface area contributed by atoms with E-state index in [1.54, 1.807) is 13.0 Å². The Bertz CT molecular complexity index is 3070. The monoisotopic (exact) mass is 1420 g/mol. The second-order valence-electron chi connectivity index (χ2n) is 22.2. The van der Waals surface area contributed by atoms with Crippen LogP contribution in [0.15, 0.2) is 48.5 Å². The molecular weight excluding hydrogens is 1340 g/mol. The summed E-state index contributed by atoms with van der Waals surface area (Å²) in [5.74, 6) is -1.18. The smallest absolute Gasteiger partial charge is 1.00 e. The summed E-state index contributed by atoms with van der Waals surface area (Å²) in [6.45, 7) is 10.9. The van der Waals surface area contributed by atoms with Crippen molar-refractivity contribution in [1.29, 1.82) is 0 Å². The van der Waals surface area contributed by atoms with Gasteiger partial charge in [-0.25, -0.2) is 19.9 Å². The van der Waals surface area contributed by atoms with E-state index >= 15 is 0 Å². The number of nitro groups is 2. The fourth-order valence-corrected chi connectivity index (χ4v) is 9.23. The molecule has 0 amide bonds. The molecule has 8 rings (SSSR count). The van der Waals surface area contributed by atoms with Crippen LogP contribution in [-0.4, -0.2) is 85.0 Å². The van der Waals surface area contributed by atoms with Gasteiger partial charge in [-0.05, 0) is 107 Å². The SMILES string of the molecule is CC(=O)OB(OC(C)=O)OC(C)=O.CCC(C)=O.CCC(C)Cc1ccc(C(F)(F)F)nc1NC1CCCC1.NC1CCCC1.Nc1ccc(C(F)(F)F)nc1NC1CCCC1.O=[N+]([O-])c1ccc(C(F)(F)F)nc1Cl.O=[N+]([O-])c1ccc(C(F)(F)F)nc1NC1CCCC1.[H-].[Na+]. The summed E-state index contributed by atoms with van der Waals surface area (Å²) in [6.07, 6.45) is 1.50. The maximum atomic E-state index is 12.9. The molecule has 0 bridgehead atoms. The standard InChI is InChI=1S/C16H23F3N2.C11H12F3N3O2.C11H14F3N3.C6H9BO6.C6H2ClF3N2O2.C5H11N.C4H8O.Na.H/c1-3-11(2)10-12-8-9-14(16(17,18)19)21-15(12)20-13-6-4-5-7-13;12-11(13,14)9-6-5-8(17(18)19)10(16-9)15-7-3-1-2-4-7;12-11(13,14)9-6-5-8(15)10(17-9)16-7-3-1-2-4-7;1-4(8)11-7(12-5(2)9)13-6(3)10;7-5-3(12(13)14)1-2-4(11-5)6(8,9)10;6-5-3-1-2-4-5;1-3-4(2)5;;/h8-9,11,13H,3-7,10H2,1-2H3,(H,20,21);5-7H,1-4H2,(H,15,16);5-7H,1-4,15H2,(H,16,17);1-3H3;1-2H;5H,1-4,6H2;3H2,1-2H3;;/q;;;;;;;+1;-1. The molecule has 1 atom stereocenters. The predicted molar refractivity (Wildman–Crippen MR) is 330 cm³/mol. The molecule has 0 saturated heterocycles. The maximum absolute atomic E-state index is 12.9. The number of pyridine rings is 4. The van der Waals surface area contributed by atoms with Gasteiger partial charge >= 0.3 is 73.0 Å². The molecule has 532 valence electrons. The molecule has 4 aromatic rings. The Balaban J connectivity index is 0.00000114. The summed E-state index contributed by atoms with van der Waals surface area (Å²) >= 11 is 5.18. The molecule has 37 heteroatoms. The summed E-state index contributed by atoms with van der Waals surface area (Å²) in [4.78, 5) is 74.0. The third-order valence-corrected chi connectivity index (χ3v) is 14.5. The summed E-state index contributed by atoms with van der Waals surface area (Å²) < 4.78 is 163. The zero-order chi connectivity index (χ0) is 72.0. The molecule has 0 aromatic carbocycles. The van der Waals surface area contributed by atoms with Crippen LogP contribution in [0.4, 0.5) is 87.2 Å². The summed E-state index contributed by atoms with van der Waals surface area (Å²) in [5.41, 5.74) is 7.11. The Morgan fingerprint density at radius 3 is 1.20 bits per heavy atom. The first-order valence-corrected chi connectivity index (χ1v) is 30.6. The number of rotatable bonds is 15. The number of alkyl halides is 12. The van der Waals surface area contributed by atoms with E-state index in [1.165, 1.54) is 31.7 Å². The second kappa shape index (κ2) is 42.1. The first-order chi connectivity index (χ1) is 44.1. The Labute approximate surface area is 575 Å². The third kappa shape index (κ3) is 34.4. The van der Waals surface area contributed by atoms with Crippen molar-refractivity contribution in [3.63, 3.8) is 0 Å². The van der Waals surface area contributed by atoms with Crippen molar-refractivity contribution in [1.82, 2.24) is 19.9 Å². The fraction of sp³-hybridized carbons (Fsp3) is 0.593. The molecule has 1 unspecified atom stereocenters. The van der Waals surface area contributed by atoms with Gasteiger partial charge in [-0.1, -0.05) is 96.2 Å². The number of carbonyl (C=O) groups is 4. The number of carbonyl (C=O) groups excluding carboxylic acids is 4. The molecule has 96 heavy (non-hydrogen) atoms. The topological polar surface area (TPSA) is 322 Å². The predicted octanol–water partition coefficient (Wildman–Crippen LogP) is 12.8. The number of Topliss-reactive ketones (excluding diaryl/α,β-unsaturated/α-hetero) is 1. The van der Waals surface area contributed by atoms with Gasteiger partial charge in [-0.2, -0.15) is 52.7 Å². The van der Waals surface area contributed by atoms with Crippen molar-refractivity contribution >= 4 is 77.1 Å². The van der Waals surface area contributed by atoms with Crippen LogP contribution in [0.1, 0.15) is 194 Å². The van der Waals surface area contributed by atoms with Gasteiger partial charge < -0.3 is 47.6 Å². The van der Waals surface area contributed by atoms with E-state index < -0.39 is 99.1 Å². The Hall–Kier alpha value is -6.85. The van der Waals surface area contributed by atoms with Crippen LogP contribution in [0.5, 0.6) is 0 Å². The molecule has 0 spiro atoms. The summed E-state index contributed by atoms with van der Waals surface area (Å²) in [7, 11) is -1.59. The van der Waals surface area contributed by atoms with Gasteiger partial charge in [0.25, 0.3) is 17.9 Å². The van der Waals surface area contributed by atoms with Crippen molar-refractivity contribution in [3.8, 4) is 0 Å². The van der Waals surface area contributed by atoms with E-state index in [4.69, 9.17) is 23.1 Å². The number of nitrogens with zero attached hydrogens (tertiary/aromatic N) is 6. The number of nitrogen functional groups attached to an aromatic ring is 1. The van der Waals surface area contributed by atoms with Crippen molar-refractivity contribution in [2.75, 3.05) is 21.7 Å². The van der Waals surface area contributed by atoms with Crippen LogP contribution in [0.3, 0.4) is 0 Å². The quantitative estimate of drug-likeness (QED) is 0.0243. The van der Waals surface area contributed by atoms with Gasteiger partial charge in [0.1, 0.15) is 40.2 Å². The molecule has 0 radical (unpaired) electrons. The number of anilines is 4. The molecule has 22 nitrogen and oxygen atoms in total. The number of hydrogen-bond donors (Lipinski definition) is 5. The molecule has 0 aliphatic heterocycles. The van der Waals surface area contributed by atoms with Crippen molar-refractivity contribution in [2.24, 2.45) is 11.7 Å². The normalized spacial score (nSPS) is 15.1. The average Bonchev–Trinajstić information content (AvgIpc) is 1.49. The average molecular weight is 1420 g/mol. The number of hydrogen-bond acceptors (Lipinski definition) is 20. The Kier molecular flexibility index (Phi) is 38.2. The van der Waals surface area contributed by atoms with E-state index in [0.717, 1.165) is 134 Å². The molecule has 4 aromatic heterocycles. The van der Waals surface area contributed by atoms with Gasteiger partial charge in [0, 0.05) is 63.5 Å². The summed E-state index contributed by atoms with van der Waals surface area (Å²) in [6, 6.07) is 8.40. The number of aromatic nitrogens is 4. The van der Waals surface area contributed by atoms with Crippen molar-refractivity contribution in [2.45, 2.75) is 219 Å². The van der Waals surface area contributed by atoms with Gasteiger partial charge in [-0.3, -0.25) is 34.6 Å². The minimum absolute atomic E-state index is 0. The van der Waals surface area contributed by atoms with Crippen LogP contribution in [-0.2, 0) is 64.3 Å². The largest absolute Gasteiger partial charge is 1.00 e. The second-order valence-corrected chi connectivity index (χ2v) is 22.6. The molecule has 4 fully saturated rings. The first kappa shape index (κ1) is 87.2. The van der Waals surface area contributed by atoms with Gasteiger partial charge in [0.05, 0.1) is 15.5 Å². The minimum Gasteiger partial charge on any atom is -1.00 e. The summed E-state index contributed by atoms with van der Waals surface area (Å²) in [5, 5.41) is 29.2. The van der Waals surface area contributed by atoms with Crippen LogP contribution >= 0.6 is 11.6 Å². The number of nitrogens with one attached hydrogen (secondary N) is 3. The van der Waals surface area contributed by atoms with Gasteiger partial charge in [0.15, 0.2) is 0 Å². The van der Waals surface area contributed by atoms with E-state index in [9.17, 15) is 92.1 Å².